The average Bonchev–Trinajstić information content (AvgIpc) is 3.00. The number of benzene rings is 1. The number of carbonyl (C=O) groups excluding carboxylic acids is 1. The number of nitrogens with zero attached hydrogens (tertiary/aromatic N) is 2. The van der Waals surface area contributed by atoms with E-state index in [0.29, 0.717) is 25.4 Å². The maximum absolute atomic E-state index is 13.2. The van der Waals surface area contributed by atoms with Crippen LogP contribution in [0.15, 0.2) is 36.5 Å². The fourth-order valence-corrected chi connectivity index (χ4v) is 2.52. The van der Waals surface area contributed by atoms with Gasteiger partial charge in [0, 0.05) is 30.8 Å². The van der Waals surface area contributed by atoms with Crippen LogP contribution in [0.1, 0.15) is 22.3 Å². The molecule has 1 aromatic carbocycles. The molecule has 0 spiro atoms. The Morgan fingerprint density at radius 1 is 1.26 bits per heavy atom. The van der Waals surface area contributed by atoms with Crippen molar-refractivity contribution < 1.29 is 18.3 Å². The molecule has 1 aromatic heterocycles. The Hall–Kier alpha value is -2.50. The predicted octanol–water partition coefficient (Wildman–Crippen LogP) is 2.96. The molecule has 1 amide bonds. The maximum Gasteiger partial charge on any atom is 0.254 e. The lowest BCUT2D eigenvalue weighted by atomic mass is 10.2. The van der Waals surface area contributed by atoms with Gasteiger partial charge in [-0.3, -0.25) is 4.79 Å². The highest BCUT2D eigenvalue weighted by Gasteiger charge is 2.28. The van der Waals surface area contributed by atoms with Crippen LogP contribution in [0.4, 0.5) is 8.78 Å². The zero-order valence-corrected chi connectivity index (χ0v) is 12.6. The van der Waals surface area contributed by atoms with Crippen molar-refractivity contribution in [2.75, 3.05) is 13.1 Å². The Bertz CT molecular complexity index is 719. The second-order valence-corrected chi connectivity index (χ2v) is 5.58. The topological polar surface area (TPSA) is 42.4 Å². The van der Waals surface area contributed by atoms with E-state index in [1.165, 1.54) is 6.07 Å². The van der Waals surface area contributed by atoms with Crippen LogP contribution in [0.25, 0.3) is 0 Å². The van der Waals surface area contributed by atoms with Crippen molar-refractivity contribution in [1.82, 2.24) is 9.88 Å². The summed E-state index contributed by atoms with van der Waals surface area (Å²) >= 11 is 0. The summed E-state index contributed by atoms with van der Waals surface area (Å²) in [7, 11) is 0. The fourth-order valence-electron chi connectivity index (χ4n) is 2.52. The molecule has 3 rings (SSSR count). The van der Waals surface area contributed by atoms with Crippen molar-refractivity contribution in [3.05, 3.63) is 59.3 Å². The quantitative estimate of drug-likeness (QED) is 0.874. The van der Waals surface area contributed by atoms with E-state index in [4.69, 9.17) is 4.74 Å². The zero-order valence-electron chi connectivity index (χ0n) is 12.6. The van der Waals surface area contributed by atoms with Gasteiger partial charge in [0.2, 0.25) is 5.88 Å². The second kappa shape index (κ2) is 6.32. The van der Waals surface area contributed by atoms with Gasteiger partial charge < -0.3 is 9.64 Å². The van der Waals surface area contributed by atoms with Crippen LogP contribution >= 0.6 is 0 Å². The summed E-state index contributed by atoms with van der Waals surface area (Å²) in [5.74, 6) is -1.80. The minimum absolute atomic E-state index is 0.137. The van der Waals surface area contributed by atoms with E-state index < -0.39 is 11.6 Å². The first-order valence-electron chi connectivity index (χ1n) is 7.36. The van der Waals surface area contributed by atoms with E-state index in [9.17, 15) is 13.6 Å². The zero-order chi connectivity index (χ0) is 16.4. The van der Waals surface area contributed by atoms with Crippen LogP contribution in [0.3, 0.4) is 0 Å². The lowest BCUT2D eigenvalue weighted by Gasteiger charge is -2.17. The Morgan fingerprint density at radius 3 is 2.78 bits per heavy atom. The van der Waals surface area contributed by atoms with Crippen LogP contribution in [0, 0.1) is 18.6 Å². The van der Waals surface area contributed by atoms with Crippen molar-refractivity contribution in [3.63, 3.8) is 0 Å². The molecular formula is C17H16F2N2O2. The van der Waals surface area contributed by atoms with Gasteiger partial charge in [0.05, 0.1) is 6.54 Å². The molecule has 1 unspecified atom stereocenters. The lowest BCUT2D eigenvalue weighted by molar-refractivity contribution is 0.0770. The van der Waals surface area contributed by atoms with Gasteiger partial charge in [0.1, 0.15) is 6.10 Å². The summed E-state index contributed by atoms with van der Waals surface area (Å²) < 4.78 is 31.9. The average molecular weight is 318 g/mol. The van der Waals surface area contributed by atoms with Gasteiger partial charge in [-0.2, -0.15) is 0 Å². The molecule has 2 heterocycles. The number of aryl methyl sites for hydroxylation is 1. The molecule has 1 aliphatic heterocycles. The number of hydrogen-bond donors (Lipinski definition) is 0. The van der Waals surface area contributed by atoms with E-state index in [2.05, 4.69) is 4.98 Å². The van der Waals surface area contributed by atoms with Gasteiger partial charge >= 0.3 is 0 Å². The van der Waals surface area contributed by atoms with E-state index in [-0.39, 0.29) is 17.6 Å². The maximum atomic E-state index is 13.2. The Kier molecular flexibility index (Phi) is 4.23. The molecule has 0 aliphatic carbocycles. The van der Waals surface area contributed by atoms with E-state index in [0.717, 1.165) is 17.7 Å². The summed E-state index contributed by atoms with van der Waals surface area (Å²) in [5, 5.41) is 0. The predicted molar refractivity (Wildman–Crippen MR) is 80.3 cm³/mol. The Labute approximate surface area is 132 Å². The number of hydrogen-bond acceptors (Lipinski definition) is 3. The monoisotopic (exact) mass is 318 g/mol. The molecule has 1 fully saturated rings. The van der Waals surface area contributed by atoms with Crippen LogP contribution in [-0.4, -0.2) is 35.0 Å². The molecular weight excluding hydrogens is 302 g/mol. The molecule has 0 bridgehead atoms. The van der Waals surface area contributed by atoms with Crippen molar-refractivity contribution in [2.45, 2.75) is 19.4 Å². The molecule has 120 valence electrons. The number of carbonyl (C=O) groups is 1. The highest BCUT2D eigenvalue weighted by molar-refractivity contribution is 5.94. The number of likely N-dealkylation sites (tertiary alicyclic amines) is 1. The van der Waals surface area contributed by atoms with E-state index >= 15 is 0 Å². The molecule has 1 aliphatic rings. The SMILES string of the molecule is Cc1ccc(OC2CCN(C(=O)c3ccc(F)c(F)c3)C2)nc1. The van der Waals surface area contributed by atoms with Gasteiger partial charge in [-0.05, 0) is 30.7 Å². The smallest absolute Gasteiger partial charge is 0.254 e. The van der Waals surface area contributed by atoms with E-state index in [1.807, 2.05) is 13.0 Å². The van der Waals surface area contributed by atoms with Crippen LogP contribution in [0.5, 0.6) is 5.88 Å². The van der Waals surface area contributed by atoms with Crippen molar-refractivity contribution in [1.29, 1.82) is 0 Å². The molecule has 23 heavy (non-hydrogen) atoms. The minimum atomic E-state index is -1.02. The largest absolute Gasteiger partial charge is 0.472 e. The van der Waals surface area contributed by atoms with Crippen molar-refractivity contribution in [3.8, 4) is 5.88 Å². The first kappa shape index (κ1) is 15.4. The van der Waals surface area contributed by atoms with E-state index in [1.54, 1.807) is 17.2 Å². The number of pyridine rings is 1. The first-order chi connectivity index (χ1) is 11.0. The minimum Gasteiger partial charge on any atom is -0.472 e. The number of aromatic nitrogens is 1. The van der Waals surface area contributed by atoms with Gasteiger partial charge in [0.25, 0.3) is 5.91 Å². The number of amides is 1. The molecule has 6 heteroatoms. The normalized spacial score (nSPS) is 17.3. The van der Waals surface area contributed by atoms with Gasteiger partial charge in [0.15, 0.2) is 11.6 Å². The summed E-state index contributed by atoms with van der Waals surface area (Å²) in [6, 6.07) is 6.86. The number of ether oxygens (including phenoxy) is 1. The summed E-state index contributed by atoms with van der Waals surface area (Å²) in [4.78, 5) is 18.1. The first-order valence-corrected chi connectivity index (χ1v) is 7.36. The van der Waals surface area contributed by atoms with Crippen molar-refractivity contribution >= 4 is 5.91 Å². The lowest BCUT2D eigenvalue weighted by Crippen LogP contribution is -2.31. The summed E-state index contributed by atoms with van der Waals surface area (Å²) in [6.07, 6.45) is 2.24. The highest BCUT2D eigenvalue weighted by Crippen LogP contribution is 2.19. The third kappa shape index (κ3) is 3.47. The fraction of sp³-hybridized carbons (Fsp3) is 0.294. The molecule has 1 atom stereocenters. The summed E-state index contributed by atoms with van der Waals surface area (Å²) in [6.45, 7) is 2.84. The third-order valence-electron chi connectivity index (χ3n) is 3.77. The van der Waals surface area contributed by atoms with Gasteiger partial charge in [-0.1, -0.05) is 6.07 Å². The Balaban J connectivity index is 1.63. The third-order valence-corrected chi connectivity index (χ3v) is 3.77. The second-order valence-electron chi connectivity index (χ2n) is 5.58. The molecule has 4 nitrogen and oxygen atoms in total. The standard InChI is InChI=1S/C17H16F2N2O2/c1-11-2-5-16(20-9-11)23-13-6-7-21(10-13)17(22)12-3-4-14(18)15(19)8-12/h2-5,8-9,13H,6-7,10H2,1H3. The molecule has 2 aromatic rings. The molecule has 1 saturated heterocycles. The van der Waals surface area contributed by atoms with Crippen LogP contribution < -0.4 is 4.74 Å². The van der Waals surface area contributed by atoms with Crippen LogP contribution in [0.2, 0.25) is 0 Å². The Morgan fingerprint density at radius 2 is 2.09 bits per heavy atom. The highest BCUT2D eigenvalue weighted by atomic mass is 19.2. The molecule has 0 saturated carbocycles. The number of halogens is 2. The van der Waals surface area contributed by atoms with Crippen molar-refractivity contribution in [2.24, 2.45) is 0 Å². The van der Waals surface area contributed by atoms with Crippen LogP contribution in [-0.2, 0) is 0 Å². The van der Waals surface area contributed by atoms with Gasteiger partial charge in [-0.25, -0.2) is 13.8 Å². The molecule has 0 radical (unpaired) electrons. The number of rotatable bonds is 3. The summed E-state index contributed by atoms with van der Waals surface area (Å²) in [5.41, 5.74) is 1.18. The van der Waals surface area contributed by atoms with Gasteiger partial charge in [-0.15, -0.1) is 0 Å². The molecule has 0 N–H and O–H groups in total.